The van der Waals surface area contributed by atoms with E-state index >= 15 is 0 Å². The lowest BCUT2D eigenvalue weighted by molar-refractivity contribution is 0.607. The predicted octanol–water partition coefficient (Wildman–Crippen LogP) is 1.25. The zero-order chi connectivity index (χ0) is 11.1. The summed E-state index contributed by atoms with van der Waals surface area (Å²) in [4.78, 5) is 3.52. The molecule has 1 aromatic carbocycles. The molecule has 0 radical (unpaired) electrons. The Bertz CT molecular complexity index is 442. The van der Waals surface area contributed by atoms with E-state index in [1.54, 1.807) is 0 Å². The molecule has 0 saturated heterocycles. The van der Waals surface area contributed by atoms with Crippen LogP contribution in [0, 0.1) is 6.92 Å². The summed E-state index contributed by atoms with van der Waals surface area (Å²) in [6, 6.07) is 10.3. The number of benzene rings is 1. The second-order valence-corrected chi connectivity index (χ2v) is 3.77. The number of thiol groups is 1. The van der Waals surface area contributed by atoms with Gasteiger partial charge in [0, 0.05) is 12.4 Å². The molecule has 0 aliphatic carbocycles. The first-order chi connectivity index (χ1) is 7.20. The average molecular weight is 224 g/mol. The van der Waals surface area contributed by atoms with Gasteiger partial charge in [0.1, 0.15) is 6.33 Å². The first-order valence-electron chi connectivity index (χ1n) is 4.34. The van der Waals surface area contributed by atoms with Crippen LogP contribution >= 0.6 is 0 Å². The maximum Gasteiger partial charge on any atom is 0.229 e. The molecule has 0 bridgehead atoms. The van der Waals surface area contributed by atoms with Gasteiger partial charge in [-0.2, -0.15) is 0 Å². The number of aryl methyl sites for hydroxylation is 1. The van der Waals surface area contributed by atoms with Crippen molar-refractivity contribution < 1.29 is 8.42 Å². The molecular weight excluding hydrogens is 212 g/mol. The summed E-state index contributed by atoms with van der Waals surface area (Å²) < 4.78 is 21.1. The van der Waals surface area contributed by atoms with E-state index in [1.807, 2.05) is 18.2 Å². The maximum atomic E-state index is 10.0. The van der Waals surface area contributed by atoms with Gasteiger partial charge in [-0.1, -0.05) is 35.9 Å². The second kappa shape index (κ2) is 5.98. The summed E-state index contributed by atoms with van der Waals surface area (Å²) in [5.74, 6) is 0. The third-order valence-electron chi connectivity index (χ3n) is 1.62. The highest BCUT2D eigenvalue weighted by molar-refractivity contribution is 7.70. The van der Waals surface area contributed by atoms with Crippen LogP contribution in [0.3, 0.4) is 0 Å². The summed E-state index contributed by atoms with van der Waals surface area (Å²) in [6.45, 7) is 2.08. The lowest BCUT2D eigenvalue weighted by atomic mass is 10.2. The van der Waals surface area contributed by atoms with E-state index in [2.05, 4.69) is 24.0 Å². The minimum atomic E-state index is -2.50. The minimum absolute atomic E-state index is 1.01. The molecule has 0 aliphatic heterocycles. The summed E-state index contributed by atoms with van der Waals surface area (Å²) in [7, 11) is -2.50. The molecule has 0 saturated carbocycles. The highest BCUT2D eigenvalue weighted by Crippen LogP contribution is 1.92. The topological polar surface area (TPSA) is 52.0 Å². The number of hydrogen-bond donors (Lipinski definition) is 1. The van der Waals surface area contributed by atoms with Gasteiger partial charge in [0.2, 0.25) is 10.9 Å². The molecule has 0 aliphatic rings. The summed E-state index contributed by atoms with van der Waals surface area (Å²) in [6.07, 6.45) is 4.00. The SMILES string of the molecule is Cc1ccccc1.O=[SH](=O)n1ccnc1. The van der Waals surface area contributed by atoms with Crippen LogP contribution in [0.25, 0.3) is 0 Å². The first kappa shape index (κ1) is 11.5. The molecule has 0 unspecified atom stereocenters. The molecular formula is C10H12N2O2S. The molecule has 15 heavy (non-hydrogen) atoms. The zero-order valence-corrected chi connectivity index (χ0v) is 9.17. The van der Waals surface area contributed by atoms with Crippen LogP contribution in [-0.2, 0) is 10.9 Å². The van der Waals surface area contributed by atoms with Crippen LogP contribution in [0.5, 0.6) is 0 Å². The molecule has 2 aromatic rings. The zero-order valence-electron chi connectivity index (χ0n) is 8.28. The van der Waals surface area contributed by atoms with Crippen molar-refractivity contribution in [1.82, 2.24) is 8.96 Å². The Morgan fingerprint density at radius 3 is 2.13 bits per heavy atom. The van der Waals surface area contributed by atoms with Crippen LogP contribution in [-0.4, -0.2) is 17.4 Å². The highest BCUT2D eigenvalue weighted by atomic mass is 32.2. The first-order valence-corrected chi connectivity index (χ1v) is 5.47. The molecule has 0 N–H and O–H groups in total. The van der Waals surface area contributed by atoms with Crippen molar-refractivity contribution in [2.75, 3.05) is 0 Å². The molecule has 0 amide bonds. The van der Waals surface area contributed by atoms with E-state index in [0.717, 1.165) is 3.97 Å². The van der Waals surface area contributed by atoms with Gasteiger partial charge in [0.25, 0.3) is 0 Å². The van der Waals surface area contributed by atoms with E-state index in [9.17, 15) is 8.42 Å². The Labute approximate surface area is 90.3 Å². The van der Waals surface area contributed by atoms with Crippen molar-refractivity contribution >= 4 is 10.9 Å². The van der Waals surface area contributed by atoms with E-state index in [4.69, 9.17) is 0 Å². The van der Waals surface area contributed by atoms with Crippen LogP contribution in [0.4, 0.5) is 0 Å². The standard InChI is InChI=1S/C7H8.C3H4N2O2S/c1-7-5-3-2-4-6-7;6-8(7)5-2-1-4-3-5/h2-6H,1H3;1-3,8H. The molecule has 5 heteroatoms. The van der Waals surface area contributed by atoms with Gasteiger partial charge >= 0.3 is 0 Å². The van der Waals surface area contributed by atoms with Crippen LogP contribution in [0.15, 0.2) is 49.1 Å². The van der Waals surface area contributed by atoms with Gasteiger partial charge in [0.15, 0.2) is 0 Å². The minimum Gasteiger partial charge on any atom is -0.244 e. The van der Waals surface area contributed by atoms with Crippen LogP contribution in [0.2, 0.25) is 0 Å². The number of aromatic nitrogens is 2. The van der Waals surface area contributed by atoms with E-state index in [-0.39, 0.29) is 0 Å². The molecule has 0 spiro atoms. The number of nitrogens with zero attached hydrogens (tertiary/aromatic N) is 2. The van der Waals surface area contributed by atoms with Gasteiger partial charge in [-0.05, 0) is 6.92 Å². The Morgan fingerprint density at radius 1 is 1.20 bits per heavy atom. The molecule has 1 aromatic heterocycles. The summed E-state index contributed by atoms with van der Waals surface area (Å²) in [5, 5.41) is 0. The number of hydrogen-bond acceptors (Lipinski definition) is 3. The van der Waals surface area contributed by atoms with Crippen molar-refractivity contribution in [3.8, 4) is 0 Å². The fourth-order valence-electron chi connectivity index (χ4n) is 0.883. The van der Waals surface area contributed by atoms with E-state index in [0.29, 0.717) is 0 Å². The third-order valence-corrected chi connectivity index (χ3v) is 2.23. The molecule has 0 atom stereocenters. The normalized spacial score (nSPS) is 9.47. The Balaban J connectivity index is 0.000000151. The maximum absolute atomic E-state index is 10.0. The molecule has 0 fully saturated rings. The van der Waals surface area contributed by atoms with Crippen molar-refractivity contribution in [3.05, 3.63) is 54.6 Å². The Kier molecular flexibility index (Phi) is 4.56. The van der Waals surface area contributed by atoms with Gasteiger partial charge in [0.05, 0.1) is 0 Å². The van der Waals surface area contributed by atoms with Crippen molar-refractivity contribution in [1.29, 1.82) is 0 Å². The van der Waals surface area contributed by atoms with E-state index < -0.39 is 10.9 Å². The number of imidazole rings is 1. The summed E-state index contributed by atoms with van der Waals surface area (Å²) in [5.41, 5.74) is 1.32. The van der Waals surface area contributed by atoms with Crippen molar-refractivity contribution in [2.45, 2.75) is 6.92 Å². The largest absolute Gasteiger partial charge is 0.244 e. The van der Waals surface area contributed by atoms with Crippen LogP contribution in [0.1, 0.15) is 5.56 Å². The molecule has 80 valence electrons. The summed E-state index contributed by atoms with van der Waals surface area (Å²) >= 11 is 0. The van der Waals surface area contributed by atoms with Crippen molar-refractivity contribution in [3.63, 3.8) is 0 Å². The fourth-order valence-corrected chi connectivity index (χ4v) is 1.20. The molecule has 1 heterocycles. The quantitative estimate of drug-likeness (QED) is 0.742. The lowest BCUT2D eigenvalue weighted by Crippen LogP contribution is -1.88. The Morgan fingerprint density at radius 2 is 1.87 bits per heavy atom. The fraction of sp³-hybridized carbons (Fsp3) is 0.100. The van der Waals surface area contributed by atoms with Gasteiger partial charge in [-0.15, -0.1) is 0 Å². The molecule has 2 rings (SSSR count). The van der Waals surface area contributed by atoms with Gasteiger partial charge in [-0.25, -0.2) is 17.4 Å². The average Bonchev–Trinajstić information content (AvgIpc) is 2.72. The van der Waals surface area contributed by atoms with Gasteiger partial charge in [-0.3, -0.25) is 0 Å². The Hall–Kier alpha value is -1.62. The molecule has 4 nitrogen and oxygen atoms in total. The van der Waals surface area contributed by atoms with Gasteiger partial charge < -0.3 is 0 Å². The predicted molar refractivity (Wildman–Crippen MR) is 59.1 cm³/mol. The third kappa shape index (κ3) is 4.42. The van der Waals surface area contributed by atoms with Crippen LogP contribution < -0.4 is 0 Å². The monoisotopic (exact) mass is 224 g/mol. The highest BCUT2D eigenvalue weighted by Gasteiger charge is 1.83. The van der Waals surface area contributed by atoms with Crippen molar-refractivity contribution in [2.24, 2.45) is 0 Å². The smallest absolute Gasteiger partial charge is 0.229 e. The number of rotatable bonds is 1. The second-order valence-electron chi connectivity index (χ2n) is 2.84. The van der Waals surface area contributed by atoms with E-state index in [1.165, 1.54) is 24.3 Å². The lowest BCUT2D eigenvalue weighted by Gasteiger charge is -1.82.